The van der Waals surface area contributed by atoms with Crippen molar-refractivity contribution in [2.75, 3.05) is 32.7 Å². The predicted molar refractivity (Wildman–Crippen MR) is 77.4 cm³/mol. The number of hydrogen-bond donors (Lipinski definition) is 1. The summed E-state index contributed by atoms with van der Waals surface area (Å²) in [6.45, 7) is 14.5. The Kier molecular flexibility index (Phi) is 6.68. The van der Waals surface area contributed by atoms with Crippen molar-refractivity contribution in [3.05, 3.63) is 16.4 Å². The second-order valence-electron chi connectivity index (χ2n) is 4.48. The minimum atomic E-state index is 0.790. The molecular weight excluding hydrogens is 248 g/mol. The molecule has 0 fully saturated rings. The van der Waals surface area contributed by atoms with Gasteiger partial charge in [-0.1, -0.05) is 25.4 Å². The van der Waals surface area contributed by atoms with Crippen LogP contribution in [-0.4, -0.2) is 47.4 Å². The first kappa shape index (κ1) is 15.5. The molecule has 0 aromatic carbocycles. The van der Waals surface area contributed by atoms with Gasteiger partial charge in [0.1, 0.15) is 0 Å². The van der Waals surface area contributed by atoms with Gasteiger partial charge in [0.05, 0.1) is 23.0 Å². The molecule has 1 N–H and O–H groups in total. The number of nitrogens with one attached hydrogen (secondary N) is 1. The molecule has 0 atom stereocenters. The summed E-state index contributed by atoms with van der Waals surface area (Å²) in [5.41, 5.74) is 1.97. The van der Waals surface area contributed by atoms with Crippen molar-refractivity contribution in [2.45, 2.75) is 34.2 Å². The number of halogens is 1. The SMILES string of the molecule is CCN(CC)CCNCCn1nc(C)c(Cl)c1C. The van der Waals surface area contributed by atoms with Crippen LogP contribution in [0.4, 0.5) is 0 Å². The molecule has 0 spiro atoms. The highest BCUT2D eigenvalue weighted by molar-refractivity contribution is 6.31. The molecule has 1 aromatic rings. The Morgan fingerprint density at radius 3 is 2.39 bits per heavy atom. The van der Waals surface area contributed by atoms with Gasteiger partial charge in [0.2, 0.25) is 0 Å². The zero-order valence-corrected chi connectivity index (χ0v) is 12.7. The van der Waals surface area contributed by atoms with Crippen molar-refractivity contribution < 1.29 is 0 Å². The van der Waals surface area contributed by atoms with Gasteiger partial charge in [-0.15, -0.1) is 0 Å². The standard InChI is InChI=1S/C13H25ClN4/c1-5-17(6-2)9-7-15-8-10-18-12(4)13(14)11(3)16-18/h15H,5-10H2,1-4H3. The Hall–Kier alpha value is -0.580. The van der Waals surface area contributed by atoms with E-state index < -0.39 is 0 Å². The van der Waals surface area contributed by atoms with E-state index in [4.69, 9.17) is 11.6 Å². The number of nitrogens with zero attached hydrogens (tertiary/aromatic N) is 3. The first-order valence-electron chi connectivity index (χ1n) is 6.72. The van der Waals surface area contributed by atoms with E-state index in [0.717, 1.165) is 55.7 Å². The largest absolute Gasteiger partial charge is 0.314 e. The topological polar surface area (TPSA) is 33.1 Å². The average molecular weight is 273 g/mol. The van der Waals surface area contributed by atoms with Gasteiger partial charge in [-0.25, -0.2) is 0 Å². The molecule has 4 nitrogen and oxygen atoms in total. The fraction of sp³-hybridized carbons (Fsp3) is 0.769. The van der Waals surface area contributed by atoms with Crippen LogP contribution in [0.5, 0.6) is 0 Å². The Morgan fingerprint density at radius 1 is 1.22 bits per heavy atom. The summed E-state index contributed by atoms with van der Waals surface area (Å²) >= 11 is 6.11. The molecule has 1 rings (SSSR count). The summed E-state index contributed by atoms with van der Waals surface area (Å²) in [6, 6.07) is 0. The second kappa shape index (κ2) is 7.77. The van der Waals surface area contributed by atoms with E-state index in [1.807, 2.05) is 18.5 Å². The minimum Gasteiger partial charge on any atom is -0.314 e. The van der Waals surface area contributed by atoms with E-state index in [1.165, 1.54) is 0 Å². The molecule has 18 heavy (non-hydrogen) atoms. The molecule has 104 valence electrons. The van der Waals surface area contributed by atoms with E-state index in [9.17, 15) is 0 Å². The monoisotopic (exact) mass is 272 g/mol. The van der Waals surface area contributed by atoms with Crippen molar-refractivity contribution in [2.24, 2.45) is 0 Å². The van der Waals surface area contributed by atoms with E-state index in [2.05, 4.69) is 29.2 Å². The van der Waals surface area contributed by atoms with Crippen molar-refractivity contribution in [1.29, 1.82) is 0 Å². The van der Waals surface area contributed by atoms with Gasteiger partial charge < -0.3 is 10.2 Å². The van der Waals surface area contributed by atoms with Gasteiger partial charge >= 0.3 is 0 Å². The van der Waals surface area contributed by atoms with E-state index >= 15 is 0 Å². The van der Waals surface area contributed by atoms with Crippen LogP contribution in [0.2, 0.25) is 5.02 Å². The van der Waals surface area contributed by atoms with E-state index in [-0.39, 0.29) is 0 Å². The zero-order valence-electron chi connectivity index (χ0n) is 12.0. The quantitative estimate of drug-likeness (QED) is 0.736. The van der Waals surface area contributed by atoms with Gasteiger partial charge in [-0.2, -0.15) is 5.10 Å². The van der Waals surface area contributed by atoms with Crippen LogP contribution in [0.25, 0.3) is 0 Å². The van der Waals surface area contributed by atoms with Crippen molar-refractivity contribution in [3.63, 3.8) is 0 Å². The number of rotatable bonds is 8. The maximum atomic E-state index is 6.11. The van der Waals surface area contributed by atoms with Crippen LogP contribution in [0.1, 0.15) is 25.2 Å². The fourth-order valence-corrected chi connectivity index (χ4v) is 2.12. The van der Waals surface area contributed by atoms with Crippen molar-refractivity contribution >= 4 is 11.6 Å². The van der Waals surface area contributed by atoms with Crippen molar-refractivity contribution in [3.8, 4) is 0 Å². The molecule has 0 amide bonds. The number of likely N-dealkylation sites (N-methyl/N-ethyl adjacent to an activating group) is 1. The Balaban J connectivity index is 2.24. The summed E-state index contributed by atoms with van der Waals surface area (Å²) in [5, 5.41) is 8.64. The molecule has 5 heteroatoms. The summed E-state index contributed by atoms with van der Waals surface area (Å²) in [4.78, 5) is 2.41. The van der Waals surface area contributed by atoms with Crippen LogP contribution in [0.15, 0.2) is 0 Å². The van der Waals surface area contributed by atoms with Crippen LogP contribution < -0.4 is 5.32 Å². The Labute approximate surface area is 115 Å². The molecule has 0 aliphatic heterocycles. The lowest BCUT2D eigenvalue weighted by Gasteiger charge is -2.18. The van der Waals surface area contributed by atoms with Gasteiger partial charge in [-0.05, 0) is 26.9 Å². The maximum Gasteiger partial charge on any atom is 0.0844 e. The lowest BCUT2D eigenvalue weighted by molar-refractivity contribution is 0.301. The molecule has 0 aliphatic rings. The molecule has 0 saturated carbocycles. The first-order chi connectivity index (χ1) is 8.60. The molecule has 0 unspecified atom stereocenters. The summed E-state index contributed by atoms with van der Waals surface area (Å²) < 4.78 is 1.97. The van der Waals surface area contributed by atoms with Crippen molar-refractivity contribution in [1.82, 2.24) is 20.0 Å². The Bertz CT molecular complexity index is 358. The fourth-order valence-electron chi connectivity index (χ4n) is 1.98. The molecule has 0 aliphatic carbocycles. The third kappa shape index (κ3) is 4.26. The minimum absolute atomic E-state index is 0.790. The third-order valence-electron chi connectivity index (χ3n) is 3.29. The molecule has 0 saturated heterocycles. The number of aryl methyl sites for hydroxylation is 1. The van der Waals surface area contributed by atoms with Crippen LogP contribution >= 0.6 is 11.6 Å². The van der Waals surface area contributed by atoms with Gasteiger partial charge in [0.25, 0.3) is 0 Å². The first-order valence-corrected chi connectivity index (χ1v) is 7.10. The van der Waals surface area contributed by atoms with Crippen LogP contribution in [0.3, 0.4) is 0 Å². The van der Waals surface area contributed by atoms with Gasteiger partial charge in [0.15, 0.2) is 0 Å². The van der Waals surface area contributed by atoms with Crippen LogP contribution in [-0.2, 0) is 6.54 Å². The molecule has 0 radical (unpaired) electrons. The normalized spacial score (nSPS) is 11.4. The highest BCUT2D eigenvalue weighted by Crippen LogP contribution is 2.18. The second-order valence-corrected chi connectivity index (χ2v) is 4.86. The van der Waals surface area contributed by atoms with E-state index in [0.29, 0.717) is 0 Å². The number of hydrogen-bond acceptors (Lipinski definition) is 3. The summed E-state index contributed by atoms with van der Waals surface area (Å²) in [6.07, 6.45) is 0. The van der Waals surface area contributed by atoms with Crippen LogP contribution in [0, 0.1) is 13.8 Å². The van der Waals surface area contributed by atoms with E-state index in [1.54, 1.807) is 0 Å². The molecular formula is C13H25ClN4. The maximum absolute atomic E-state index is 6.11. The summed E-state index contributed by atoms with van der Waals surface area (Å²) in [5.74, 6) is 0. The molecule has 1 aromatic heterocycles. The molecule has 0 bridgehead atoms. The Morgan fingerprint density at radius 2 is 1.89 bits per heavy atom. The predicted octanol–water partition coefficient (Wildman–Crippen LogP) is 2.08. The number of aromatic nitrogens is 2. The summed E-state index contributed by atoms with van der Waals surface area (Å²) in [7, 11) is 0. The lowest BCUT2D eigenvalue weighted by atomic mass is 10.4. The average Bonchev–Trinajstić information content (AvgIpc) is 2.61. The highest BCUT2D eigenvalue weighted by Gasteiger charge is 2.08. The molecule has 1 heterocycles. The third-order valence-corrected chi connectivity index (χ3v) is 3.84. The van der Waals surface area contributed by atoms with Gasteiger partial charge in [-0.3, -0.25) is 4.68 Å². The lowest BCUT2D eigenvalue weighted by Crippen LogP contribution is -2.33. The highest BCUT2D eigenvalue weighted by atomic mass is 35.5. The smallest absolute Gasteiger partial charge is 0.0844 e. The van der Waals surface area contributed by atoms with Gasteiger partial charge in [0, 0.05) is 19.6 Å². The zero-order chi connectivity index (χ0) is 13.5.